The molecular formula is C15H11Cl2NO. The first-order valence-corrected chi connectivity index (χ1v) is 6.65. The molecule has 0 aliphatic heterocycles. The number of fused-ring (bicyclic) bond motifs is 1. The number of anilines is 1. The van der Waals surface area contributed by atoms with E-state index in [0.717, 1.165) is 22.2 Å². The lowest BCUT2D eigenvalue weighted by Crippen LogP contribution is -1.99. The van der Waals surface area contributed by atoms with Gasteiger partial charge in [-0.25, -0.2) is 0 Å². The summed E-state index contributed by atoms with van der Waals surface area (Å²) in [4.78, 5) is 0. The van der Waals surface area contributed by atoms with Gasteiger partial charge in [0, 0.05) is 17.5 Å². The number of halogens is 2. The van der Waals surface area contributed by atoms with Crippen molar-refractivity contribution in [3.05, 3.63) is 64.3 Å². The molecule has 0 radical (unpaired) electrons. The smallest absolute Gasteiger partial charge is 0.199 e. The first kappa shape index (κ1) is 12.4. The number of furan rings is 1. The van der Waals surface area contributed by atoms with Gasteiger partial charge in [0.2, 0.25) is 0 Å². The van der Waals surface area contributed by atoms with E-state index in [9.17, 15) is 0 Å². The van der Waals surface area contributed by atoms with Crippen molar-refractivity contribution in [1.82, 2.24) is 0 Å². The summed E-state index contributed by atoms with van der Waals surface area (Å²) in [6.45, 7) is 0.569. The molecule has 1 aromatic heterocycles. The Morgan fingerprint density at radius 3 is 2.53 bits per heavy atom. The zero-order valence-corrected chi connectivity index (χ0v) is 11.5. The van der Waals surface area contributed by atoms with Gasteiger partial charge < -0.3 is 9.73 Å². The summed E-state index contributed by atoms with van der Waals surface area (Å²) in [7, 11) is 0. The highest BCUT2D eigenvalue weighted by molar-refractivity contribution is 6.33. The van der Waals surface area contributed by atoms with Crippen LogP contribution in [0.3, 0.4) is 0 Å². The molecule has 3 rings (SSSR count). The maximum atomic E-state index is 6.13. The van der Waals surface area contributed by atoms with E-state index in [1.54, 1.807) is 0 Å². The van der Waals surface area contributed by atoms with Gasteiger partial charge in [0.05, 0.1) is 10.7 Å². The van der Waals surface area contributed by atoms with Crippen molar-refractivity contribution in [2.75, 3.05) is 5.32 Å². The van der Waals surface area contributed by atoms with Gasteiger partial charge in [0.1, 0.15) is 5.58 Å². The van der Waals surface area contributed by atoms with Crippen molar-refractivity contribution in [3.63, 3.8) is 0 Å². The van der Waals surface area contributed by atoms with Crippen LogP contribution in [0.4, 0.5) is 5.69 Å². The summed E-state index contributed by atoms with van der Waals surface area (Å²) in [6.07, 6.45) is 0. The summed E-state index contributed by atoms with van der Waals surface area (Å²) in [5.41, 5.74) is 2.62. The Morgan fingerprint density at radius 2 is 1.68 bits per heavy atom. The molecule has 0 bridgehead atoms. The molecule has 0 fully saturated rings. The van der Waals surface area contributed by atoms with E-state index in [0.29, 0.717) is 16.8 Å². The number of nitrogens with one attached hydrogen (secondary N) is 1. The van der Waals surface area contributed by atoms with Gasteiger partial charge in [-0.3, -0.25) is 0 Å². The number of hydrogen-bond acceptors (Lipinski definition) is 2. The van der Waals surface area contributed by atoms with E-state index in [4.69, 9.17) is 27.6 Å². The van der Waals surface area contributed by atoms with Crippen LogP contribution in [0.2, 0.25) is 10.2 Å². The highest BCUT2D eigenvalue weighted by Gasteiger charge is 2.11. The van der Waals surface area contributed by atoms with E-state index in [1.807, 2.05) is 48.5 Å². The van der Waals surface area contributed by atoms with Gasteiger partial charge in [-0.1, -0.05) is 41.9 Å². The fourth-order valence-corrected chi connectivity index (χ4v) is 2.48. The molecule has 96 valence electrons. The normalized spacial score (nSPS) is 10.8. The molecular weight excluding hydrogens is 281 g/mol. The molecule has 19 heavy (non-hydrogen) atoms. The Morgan fingerprint density at radius 1 is 0.947 bits per heavy atom. The van der Waals surface area contributed by atoms with E-state index in [1.165, 1.54) is 0 Å². The molecule has 1 heterocycles. The minimum absolute atomic E-state index is 0.417. The van der Waals surface area contributed by atoms with Crippen LogP contribution < -0.4 is 5.32 Å². The van der Waals surface area contributed by atoms with Crippen LogP contribution >= 0.6 is 23.2 Å². The van der Waals surface area contributed by atoms with Crippen LogP contribution in [-0.4, -0.2) is 0 Å². The number of rotatable bonds is 3. The standard InChI is InChI=1S/C15H11Cl2NO/c16-12-6-2-3-7-13(12)18-9-11-10-5-1-4-8-14(10)19-15(11)17/h1-8,18H,9H2. The molecule has 0 amide bonds. The van der Waals surface area contributed by atoms with Crippen LogP contribution in [-0.2, 0) is 6.54 Å². The predicted octanol–water partition coefficient (Wildman–Crippen LogP) is 5.35. The van der Waals surface area contributed by atoms with Crippen LogP contribution in [0.25, 0.3) is 11.0 Å². The Labute approximate surface area is 120 Å². The lowest BCUT2D eigenvalue weighted by Gasteiger charge is -2.07. The van der Waals surface area contributed by atoms with Crippen molar-refractivity contribution in [2.45, 2.75) is 6.54 Å². The largest absolute Gasteiger partial charge is 0.444 e. The minimum Gasteiger partial charge on any atom is -0.444 e. The molecule has 0 aliphatic carbocycles. The Balaban J connectivity index is 1.90. The van der Waals surface area contributed by atoms with Gasteiger partial charge >= 0.3 is 0 Å². The molecule has 0 unspecified atom stereocenters. The van der Waals surface area contributed by atoms with Gasteiger partial charge in [0.15, 0.2) is 5.22 Å². The summed E-state index contributed by atoms with van der Waals surface area (Å²) >= 11 is 12.2. The molecule has 0 saturated carbocycles. The SMILES string of the molecule is Clc1ccccc1NCc1c(Cl)oc2ccccc12. The lowest BCUT2D eigenvalue weighted by atomic mass is 10.2. The minimum atomic E-state index is 0.417. The van der Waals surface area contributed by atoms with E-state index in [-0.39, 0.29) is 0 Å². The molecule has 4 heteroatoms. The predicted molar refractivity (Wildman–Crippen MR) is 80.0 cm³/mol. The quantitative estimate of drug-likeness (QED) is 0.703. The van der Waals surface area contributed by atoms with Crippen molar-refractivity contribution >= 4 is 39.9 Å². The third-order valence-electron chi connectivity index (χ3n) is 2.98. The topological polar surface area (TPSA) is 25.2 Å². The van der Waals surface area contributed by atoms with Crippen LogP contribution in [0.1, 0.15) is 5.56 Å². The van der Waals surface area contributed by atoms with Crippen molar-refractivity contribution in [1.29, 1.82) is 0 Å². The maximum Gasteiger partial charge on any atom is 0.199 e. The third-order valence-corrected chi connectivity index (χ3v) is 3.61. The second-order valence-electron chi connectivity index (χ2n) is 4.18. The number of para-hydroxylation sites is 2. The van der Waals surface area contributed by atoms with Crippen LogP contribution in [0, 0.1) is 0 Å². The summed E-state index contributed by atoms with van der Waals surface area (Å²) in [6, 6.07) is 15.4. The first-order chi connectivity index (χ1) is 9.25. The average molecular weight is 292 g/mol. The van der Waals surface area contributed by atoms with Gasteiger partial charge in [0.25, 0.3) is 0 Å². The number of hydrogen-bond donors (Lipinski definition) is 1. The Hall–Kier alpha value is -1.64. The second-order valence-corrected chi connectivity index (χ2v) is 4.93. The van der Waals surface area contributed by atoms with Gasteiger partial charge in [-0.05, 0) is 29.8 Å². The van der Waals surface area contributed by atoms with E-state index in [2.05, 4.69) is 5.32 Å². The Kier molecular flexibility index (Phi) is 3.36. The molecule has 2 aromatic carbocycles. The molecule has 0 atom stereocenters. The van der Waals surface area contributed by atoms with Gasteiger partial charge in [-0.2, -0.15) is 0 Å². The van der Waals surface area contributed by atoms with Crippen molar-refractivity contribution in [3.8, 4) is 0 Å². The van der Waals surface area contributed by atoms with E-state index >= 15 is 0 Å². The lowest BCUT2D eigenvalue weighted by molar-refractivity contribution is 0.613. The average Bonchev–Trinajstić information content (AvgIpc) is 2.74. The van der Waals surface area contributed by atoms with Crippen LogP contribution in [0.5, 0.6) is 0 Å². The summed E-state index contributed by atoms with van der Waals surface area (Å²) in [5.74, 6) is 0. The van der Waals surface area contributed by atoms with Gasteiger partial charge in [-0.15, -0.1) is 0 Å². The molecule has 0 saturated heterocycles. The fraction of sp³-hybridized carbons (Fsp3) is 0.0667. The summed E-state index contributed by atoms with van der Waals surface area (Å²) in [5, 5.41) is 5.40. The molecule has 3 aromatic rings. The second kappa shape index (κ2) is 5.16. The Bertz CT molecular complexity index is 721. The zero-order chi connectivity index (χ0) is 13.2. The van der Waals surface area contributed by atoms with Crippen molar-refractivity contribution in [2.24, 2.45) is 0 Å². The first-order valence-electron chi connectivity index (χ1n) is 5.90. The highest BCUT2D eigenvalue weighted by atomic mass is 35.5. The van der Waals surface area contributed by atoms with E-state index < -0.39 is 0 Å². The fourth-order valence-electron chi connectivity index (χ4n) is 2.02. The van der Waals surface area contributed by atoms with Crippen molar-refractivity contribution < 1.29 is 4.42 Å². The highest BCUT2D eigenvalue weighted by Crippen LogP contribution is 2.30. The molecule has 2 nitrogen and oxygen atoms in total. The molecule has 0 aliphatic rings. The maximum absolute atomic E-state index is 6.13. The number of benzene rings is 2. The third kappa shape index (κ3) is 2.42. The zero-order valence-electron chi connectivity index (χ0n) is 9.99. The summed E-state index contributed by atoms with van der Waals surface area (Å²) < 4.78 is 5.51. The molecule has 0 spiro atoms. The monoisotopic (exact) mass is 291 g/mol. The van der Waals surface area contributed by atoms with Crippen LogP contribution in [0.15, 0.2) is 52.9 Å². The molecule has 1 N–H and O–H groups in total.